The Kier molecular flexibility index (Phi) is 3.61. The molecule has 0 spiro atoms. The fraction of sp³-hybridized carbons (Fsp3) is 0.364. The molecule has 86 valence electrons. The molecule has 3 nitrogen and oxygen atoms in total. The molecule has 1 heterocycles. The number of hydrogen-bond acceptors (Lipinski definition) is 4. The standard InChI is InChI=1S/C11H12ClNO2S/c1-7-5-10(13-15-16-2)9-6-8(12)3-4-11(9)14-7/h3-4,6-7H,5H2,1-2H3/b13-10+. The van der Waals surface area contributed by atoms with Gasteiger partial charge in [-0.3, -0.25) is 0 Å². The summed E-state index contributed by atoms with van der Waals surface area (Å²) in [6, 6.07) is 5.53. The van der Waals surface area contributed by atoms with Gasteiger partial charge in [0.1, 0.15) is 11.9 Å². The monoisotopic (exact) mass is 257 g/mol. The maximum atomic E-state index is 5.96. The van der Waals surface area contributed by atoms with Crippen molar-refractivity contribution in [2.45, 2.75) is 19.4 Å². The number of fused-ring (bicyclic) bond motifs is 1. The molecule has 0 amide bonds. The summed E-state index contributed by atoms with van der Waals surface area (Å²) >= 11 is 7.17. The van der Waals surface area contributed by atoms with E-state index in [1.165, 1.54) is 12.0 Å². The Bertz CT molecular complexity index is 422. The van der Waals surface area contributed by atoms with Crippen LogP contribution >= 0.6 is 23.6 Å². The van der Waals surface area contributed by atoms with Crippen molar-refractivity contribution in [3.63, 3.8) is 0 Å². The molecule has 1 aromatic carbocycles. The summed E-state index contributed by atoms with van der Waals surface area (Å²) in [6.45, 7) is 2.01. The summed E-state index contributed by atoms with van der Waals surface area (Å²) in [5.41, 5.74) is 1.80. The summed E-state index contributed by atoms with van der Waals surface area (Å²) in [4.78, 5) is 0. The third-order valence-electron chi connectivity index (χ3n) is 2.28. The van der Waals surface area contributed by atoms with Crippen molar-refractivity contribution >= 4 is 29.4 Å². The lowest BCUT2D eigenvalue weighted by molar-refractivity contribution is 0.220. The highest BCUT2D eigenvalue weighted by Crippen LogP contribution is 2.30. The number of oxime groups is 1. The van der Waals surface area contributed by atoms with Crippen LogP contribution in [0.2, 0.25) is 5.02 Å². The zero-order valence-electron chi connectivity index (χ0n) is 9.07. The number of halogens is 1. The van der Waals surface area contributed by atoms with Crippen molar-refractivity contribution in [3.8, 4) is 5.75 Å². The van der Waals surface area contributed by atoms with Crippen LogP contribution < -0.4 is 4.74 Å². The van der Waals surface area contributed by atoms with Gasteiger partial charge in [-0.05, 0) is 25.1 Å². The predicted molar refractivity (Wildman–Crippen MR) is 67.3 cm³/mol. The molecule has 0 fully saturated rings. The van der Waals surface area contributed by atoms with Crippen molar-refractivity contribution in [3.05, 3.63) is 28.8 Å². The highest BCUT2D eigenvalue weighted by atomic mass is 35.5. The highest BCUT2D eigenvalue weighted by Gasteiger charge is 2.22. The summed E-state index contributed by atoms with van der Waals surface area (Å²) in [6.07, 6.45) is 2.66. The zero-order valence-corrected chi connectivity index (χ0v) is 10.6. The number of ether oxygens (including phenoxy) is 1. The van der Waals surface area contributed by atoms with Crippen LogP contribution in [0.25, 0.3) is 0 Å². The van der Waals surface area contributed by atoms with Gasteiger partial charge in [0.05, 0.1) is 17.8 Å². The summed E-state index contributed by atoms with van der Waals surface area (Å²) in [5, 5.41) is 4.75. The minimum atomic E-state index is 0.109. The van der Waals surface area contributed by atoms with Gasteiger partial charge in [0.25, 0.3) is 0 Å². The average Bonchev–Trinajstić information content (AvgIpc) is 2.26. The number of nitrogens with zero attached hydrogens (tertiary/aromatic N) is 1. The van der Waals surface area contributed by atoms with Crippen LogP contribution in [0.5, 0.6) is 5.75 Å². The summed E-state index contributed by atoms with van der Waals surface area (Å²) in [7, 11) is 0. The van der Waals surface area contributed by atoms with E-state index in [0.29, 0.717) is 5.02 Å². The molecule has 0 N–H and O–H groups in total. The minimum absolute atomic E-state index is 0.109. The van der Waals surface area contributed by atoms with Gasteiger partial charge >= 0.3 is 0 Å². The molecule has 5 heteroatoms. The first kappa shape index (κ1) is 11.6. The van der Waals surface area contributed by atoms with Crippen LogP contribution in [0, 0.1) is 0 Å². The molecule has 0 aliphatic carbocycles. The van der Waals surface area contributed by atoms with Gasteiger partial charge in [-0.1, -0.05) is 16.8 Å². The van der Waals surface area contributed by atoms with E-state index in [1.807, 2.05) is 31.4 Å². The van der Waals surface area contributed by atoms with E-state index in [0.717, 1.165) is 23.4 Å². The maximum Gasteiger partial charge on any atom is 0.129 e. The first-order valence-corrected chi connectivity index (χ1v) is 6.46. The SMILES string of the molecule is CSO/N=C1\CC(C)Oc2ccc(Cl)cc21. The van der Waals surface area contributed by atoms with Gasteiger partial charge in [-0.15, -0.1) is 0 Å². The van der Waals surface area contributed by atoms with Gasteiger partial charge in [0, 0.05) is 23.3 Å². The number of benzene rings is 1. The van der Waals surface area contributed by atoms with Gasteiger partial charge in [-0.25, -0.2) is 0 Å². The van der Waals surface area contributed by atoms with E-state index >= 15 is 0 Å². The van der Waals surface area contributed by atoms with Crippen molar-refractivity contribution in [2.24, 2.45) is 5.16 Å². The van der Waals surface area contributed by atoms with E-state index in [-0.39, 0.29) is 6.10 Å². The van der Waals surface area contributed by atoms with Gasteiger partial charge < -0.3 is 9.02 Å². The smallest absolute Gasteiger partial charge is 0.129 e. The van der Waals surface area contributed by atoms with Gasteiger partial charge in [-0.2, -0.15) is 0 Å². The Labute approximate surface area is 104 Å². The fourth-order valence-corrected chi connectivity index (χ4v) is 1.98. The largest absolute Gasteiger partial charge is 0.490 e. The minimum Gasteiger partial charge on any atom is -0.490 e. The van der Waals surface area contributed by atoms with Crippen LogP contribution in [-0.4, -0.2) is 18.1 Å². The van der Waals surface area contributed by atoms with Crippen molar-refractivity contribution < 1.29 is 9.02 Å². The highest BCUT2D eigenvalue weighted by molar-refractivity contribution is 7.93. The molecule has 1 atom stereocenters. The molecular weight excluding hydrogens is 246 g/mol. The van der Waals surface area contributed by atoms with Gasteiger partial charge in [0.2, 0.25) is 0 Å². The van der Waals surface area contributed by atoms with Crippen LogP contribution in [0.4, 0.5) is 0 Å². The number of rotatable bonds is 2. The first-order valence-electron chi connectivity index (χ1n) is 4.94. The molecule has 16 heavy (non-hydrogen) atoms. The molecule has 1 aromatic rings. The van der Waals surface area contributed by atoms with Crippen molar-refractivity contribution in [1.29, 1.82) is 0 Å². The second-order valence-corrected chi connectivity index (χ2v) is 4.47. The summed E-state index contributed by atoms with van der Waals surface area (Å²) in [5.74, 6) is 0.812. The maximum absolute atomic E-state index is 5.96. The third kappa shape index (κ3) is 2.44. The van der Waals surface area contributed by atoms with Crippen LogP contribution in [0.1, 0.15) is 18.9 Å². The van der Waals surface area contributed by atoms with Crippen LogP contribution in [0.3, 0.4) is 0 Å². The van der Waals surface area contributed by atoms with E-state index in [9.17, 15) is 0 Å². The second kappa shape index (κ2) is 4.97. The van der Waals surface area contributed by atoms with Crippen LogP contribution in [0.15, 0.2) is 23.4 Å². The lowest BCUT2D eigenvalue weighted by Gasteiger charge is -2.24. The Hall–Kier alpha value is -0.870. The fourth-order valence-electron chi connectivity index (χ4n) is 1.64. The third-order valence-corrected chi connectivity index (χ3v) is 2.74. The quantitative estimate of drug-likeness (QED) is 0.600. The van der Waals surface area contributed by atoms with Crippen molar-refractivity contribution in [2.75, 3.05) is 6.26 Å². The van der Waals surface area contributed by atoms with E-state index in [2.05, 4.69) is 5.16 Å². The van der Waals surface area contributed by atoms with E-state index < -0.39 is 0 Å². The molecule has 0 radical (unpaired) electrons. The van der Waals surface area contributed by atoms with Crippen LogP contribution in [-0.2, 0) is 4.28 Å². The molecule has 0 saturated carbocycles. The molecule has 0 bridgehead atoms. The molecule has 1 aliphatic rings. The van der Waals surface area contributed by atoms with E-state index in [4.69, 9.17) is 20.6 Å². The summed E-state index contributed by atoms with van der Waals surface area (Å²) < 4.78 is 10.7. The number of hydrogen-bond donors (Lipinski definition) is 0. The van der Waals surface area contributed by atoms with Crippen molar-refractivity contribution in [1.82, 2.24) is 0 Å². The second-order valence-electron chi connectivity index (χ2n) is 3.55. The predicted octanol–water partition coefficient (Wildman–Crippen LogP) is 3.51. The Morgan fingerprint density at radius 3 is 3.12 bits per heavy atom. The molecule has 0 saturated heterocycles. The Morgan fingerprint density at radius 2 is 2.38 bits per heavy atom. The molecule has 1 aliphatic heterocycles. The lowest BCUT2D eigenvalue weighted by atomic mass is 10.0. The topological polar surface area (TPSA) is 30.8 Å². The molecular formula is C11H12ClNO2S. The van der Waals surface area contributed by atoms with Gasteiger partial charge in [0.15, 0.2) is 0 Å². The Balaban J connectivity index is 2.39. The zero-order chi connectivity index (χ0) is 11.5. The lowest BCUT2D eigenvalue weighted by Crippen LogP contribution is -2.24. The van der Waals surface area contributed by atoms with E-state index in [1.54, 1.807) is 0 Å². The normalized spacial score (nSPS) is 21.4. The molecule has 2 rings (SSSR count). The average molecular weight is 258 g/mol. The molecule has 1 unspecified atom stereocenters. The first-order chi connectivity index (χ1) is 7.70. The Morgan fingerprint density at radius 1 is 1.56 bits per heavy atom. The molecule has 0 aromatic heterocycles.